The summed E-state index contributed by atoms with van der Waals surface area (Å²) in [7, 11) is 0. The molecular weight excluding hydrogens is 342 g/mol. The van der Waals surface area contributed by atoms with Gasteiger partial charge in [0.1, 0.15) is 5.40 Å². The molecular formula is C17H15N3O4S. The van der Waals surface area contributed by atoms with Crippen molar-refractivity contribution in [3.63, 3.8) is 0 Å². The topological polar surface area (TPSA) is 105 Å². The van der Waals surface area contributed by atoms with Gasteiger partial charge in [0.05, 0.1) is 4.92 Å². The van der Waals surface area contributed by atoms with E-state index in [1.807, 2.05) is 19.2 Å². The maximum Gasteiger partial charge on any atom is 0.310 e. The van der Waals surface area contributed by atoms with E-state index in [0.717, 1.165) is 27.8 Å². The Morgan fingerprint density at radius 2 is 1.96 bits per heavy atom. The minimum Gasteiger partial charge on any atom is -0.477 e. The van der Waals surface area contributed by atoms with Crippen LogP contribution in [0.3, 0.4) is 0 Å². The highest BCUT2D eigenvalue weighted by Gasteiger charge is 2.16. The third kappa shape index (κ3) is 4.71. The molecule has 0 saturated carbocycles. The van der Waals surface area contributed by atoms with Crippen LogP contribution >= 0.6 is 11.8 Å². The van der Waals surface area contributed by atoms with Crippen LogP contribution in [0.15, 0.2) is 41.3 Å². The van der Waals surface area contributed by atoms with Gasteiger partial charge in [0.2, 0.25) is 0 Å². The summed E-state index contributed by atoms with van der Waals surface area (Å²) >= 11 is 1.05. The van der Waals surface area contributed by atoms with Crippen molar-refractivity contribution in [1.82, 2.24) is 0 Å². The van der Waals surface area contributed by atoms with Gasteiger partial charge in [-0.3, -0.25) is 14.9 Å². The summed E-state index contributed by atoms with van der Waals surface area (Å²) in [6.45, 7) is 3.30. The standard InChI is InChI=1S/C17H15N3O4S/c1-11-7-13(25-10-18)8-12(2)17(11)19-16(21)9-24-15-6-4-3-5-14(15)20(22)23/h3-8H,9H2,1-2H3,(H,19,21). The van der Waals surface area contributed by atoms with Crippen LogP contribution < -0.4 is 10.1 Å². The molecule has 0 atom stereocenters. The number of nitrogens with zero attached hydrogens (tertiary/aromatic N) is 2. The van der Waals surface area contributed by atoms with Crippen molar-refractivity contribution in [3.05, 3.63) is 57.6 Å². The quantitative estimate of drug-likeness (QED) is 0.365. The monoisotopic (exact) mass is 357 g/mol. The SMILES string of the molecule is Cc1cc(SC#N)cc(C)c1NC(=O)COc1ccccc1[N+](=O)[O-]. The molecule has 1 amide bonds. The van der Waals surface area contributed by atoms with Crippen LogP contribution in [0.4, 0.5) is 11.4 Å². The Bertz CT molecular complexity index is 838. The zero-order chi connectivity index (χ0) is 18.4. The Morgan fingerprint density at radius 3 is 2.56 bits per heavy atom. The van der Waals surface area contributed by atoms with Crippen molar-refractivity contribution in [2.24, 2.45) is 0 Å². The molecule has 8 heteroatoms. The van der Waals surface area contributed by atoms with Gasteiger partial charge in [-0.1, -0.05) is 12.1 Å². The highest BCUT2D eigenvalue weighted by Crippen LogP contribution is 2.28. The smallest absolute Gasteiger partial charge is 0.310 e. The van der Waals surface area contributed by atoms with Crippen molar-refractivity contribution in [2.45, 2.75) is 18.7 Å². The summed E-state index contributed by atoms with van der Waals surface area (Å²) in [6, 6.07) is 9.49. The fraction of sp³-hybridized carbons (Fsp3) is 0.176. The number of carbonyl (C=O) groups excluding carboxylic acids is 1. The van der Waals surface area contributed by atoms with Crippen LogP contribution in [0, 0.1) is 34.6 Å². The first-order chi connectivity index (χ1) is 11.9. The number of rotatable bonds is 6. The van der Waals surface area contributed by atoms with Gasteiger partial charge in [0.25, 0.3) is 5.91 Å². The lowest BCUT2D eigenvalue weighted by atomic mass is 10.1. The molecule has 0 radical (unpaired) electrons. The predicted molar refractivity (Wildman–Crippen MR) is 94.6 cm³/mol. The number of thiocyanates is 1. The number of para-hydroxylation sites is 2. The average Bonchev–Trinajstić information content (AvgIpc) is 2.57. The normalized spacial score (nSPS) is 9.96. The summed E-state index contributed by atoms with van der Waals surface area (Å²) in [5, 5.41) is 24.4. The summed E-state index contributed by atoms with van der Waals surface area (Å²) < 4.78 is 5.27. The second-order valence-corrected chi connectivity index (χ2v) is 6.05. The first kappa shape index (κ1) is 18.3. The molecule has 0 saturated heterocycles. The maximum absolute atomic E-state index is 12.1. The molecule has 128 valence electrons. The minimum absolute atomic E-state index is 0.0388. The molecule has 7 nitrogen and oxygen atoms in total. The Kier molecular flexibility index (Phi) is 5.98. The molecule has 0 unspecified atom stereocenters. The van der Waals surface area contributed by atoms with Gasteiger partial charge in [-0.2, -0.15) is 5.26 Å². The van der Waals surface area contributed by atoms with Gasteiger partial charge >= 0.3 is 5.69 Å². The number of carbonyl (C=O) groups is 1. The highest BCUT2D eigenvalue weighted by molar-refractivity contribution is 8.03. The number of thioether (sulfide) groups is 1. The number of ether oxygens (including phenoxy) is 1. The average molecular weight is 357 g/mol. The first-order valence-electron chi connectivity index (χ1n) is 7.25. The number of aryl methyl sites for hydroxylation is 2. The lowest BCUT2D eigenvalue weighted by Crippen LogP contribution is -2.21. The molecule has 2 rings (SSSR count). The summed E-state index contributed by atoms with van der Waals surface area (Å²) in [5.74, 6) is -0.387. The van der Waals surface area contributed by atoms with Crippen LogP contribution in [0.1, 0.15) is 11.1 Å². The molecule has 0 bridgehead atoms. The summed E-state index contributed by atoms with van der Waals surface area (Å²) in [6.07, 6.45) is 0. The highest BCUT2D eigenvalue weighted by atomic mass is 32.2. The number of nitriles is 1. The van der Waals surface area contributed by atoms with Crippen LogP contribution in [-0.2, 0) is 4.79 Å². The lowest BCUT2D eigenvalue weighted by molar-refractivity contribution is -0.385. The van der Waals surface area contributed by atoms with E-state index in [1.165, 1.54) is 18.2 Å². The molecule has 0 aliphatic rings. The zero-order valence-electron chi connectivity index (χ0n) is 13.6. The molecule has 1 N–H and O–H groups in total. The summed E-state index contributed by atoms with van der Waals surface area (Å²) in [4.78, 5) is 23.3. The van der Waals surface area contributed by atoms with Gasteiger partial charge in [-0.25, -0.2) is 0 Å². The third-order valence-corrected chi connectivity index (χ3v) is 3.92. The van der Waals surface area contributed by atoms with E-state index in [2.05, 4.69) is 5.32 Å². The molecule has 0 heterocycles. The van der Waals surface area contributed by atoms with Crippen molar-refractivity contribution in [3.8, 4) is 11.2 Å². The van der Waals surface area contributed by atoms with Crippen molar-refractivity contribution in [2.75, 3.05) is 11.9 Å². The Balaban J connectivity index is 2.07. The Morgan fingerprint density at radius 1 is 1.32 bits per heavy atom. The second-order valence-electron chi connectivity index (χ2n) is 5.19. The van der Waals surface area contributed by atoms with E-state index in [4.69, 9.17) is 10.00 Å². The Labute approximate surface area is 148 Å². The van der Waals surface area contributed by atoms with Crippen molar-refractivity contribution in [1.29, 1.82) is 5.26 Å². The van der Waals surface area contributed by atoms with Gasteiger partial charge in [0.15, 0.2) is 12.4 Å². The van der Waals surface area contributed by atoms with Gasteiger partial charge < -0.3 is 10.1 Å². The molecule has 0 fully saturated rings. The molecule has 0 aliphatic heterocycles. The second kappa shape index (κ2) is 8.17. The molecule has 2 aromatic rings. The fourth-order valence-corrected chi connectivity index (χ4v) is 2.86. The minimum atomic E-state index is -0.562. The number of nitro benzene ring substituents is 1. The molecule has 0 aliphatic carbocycles. The number of hydrogen-bond donors (Lipinski definition) is 1. The lowest BCUT2D eigenvalue weighted by Gasteiger charge is -2.13. The molecule has 25 heavy (non-hydrogen) atoms. The summed E-state index contributed by atoms with van der Waals surface area (Å²) in [5.41, 5.74) is 2.08. The van der Waals surface area contributed by atoms with E-state index in [9.17, 15) is 14.9 Å². The number of benzene rings is 2. The van der Waals surface area contributed by atoms with Gasteiger partial charge in [0, 0.05) is 16.6 Å². The van der Waals surface area contributed by atoms with Crippen molar-refractivity contribution < 1.29 is 14.5 Å². The number of nitro groups is 1. The van der Waals surface area contributed by atoms with E-state index in [0.29, 0.717) is 5.69 Å². The zero-order valence-corrected chi connectivity index (χ0v) is 14.4. The van der Waals surface area contributed by atoms with Crippen LogP contribution in [0.25, 0.3) is 0 Å². The number of nitrogens with one attached hydrogen (secondary N) is 1. The molecule has 0 spiro atoms. The van der Waals surface area contributed by atoms with Gasteiger partial charge in [-0.15, -0.1) is 0 Å². The van der Waals surface area contributed by atoms with Crippen LogP contribution in [-0.4, -0.2) is 17.4 Å². The van der Waals surface area contributed by atoms with Gasteiger partial charge in [-0.05, 0) is 54.9 Å². The van der Waals surface area contributed by atoms with E-state index < -0.39 is 10.8 Å². The predicted octanol–water partition coefficient (Wildman–Crippen LogP) is 3.80. The van der Waals surface area contributed by atoms with Crippen LogP contribution in [0.5, 0.6) is 5.75 Å². The van der Waals surface area contributed by atoms with Crippen LogP contribution in [0.2, 0.25) is 0 Å². The largest absolute Gasteiger partial charge is 0.477 e. The van der Waals surface area contributed by atoms with E-state index >= 15 is 0 Å². The van der Waals surface area contributed by atoms with E-state index in [1.54, 1.807) is 18.2 Å². The fourth-order valence-electron chi connectivity index (χ4n) is 2.28. The third-order valence-electron chi connectivity index (χ3n) is 3.35. The Hall–Kier alpha value is -3.05. The first-order valence-corrected chi connectivity index (χ1v) is 8.07. The number of amides is 1. The maximum atomic E-state index is 12.1. The molecule has 0 aromatic heterocycles. The molecule has 2 aromatic carbocycles. The number of anilines is 1. The van der Waals surface area contributed by atoms with E-state index in [-0.39, 0.29) is 18.0 Å². The number of hydrogen-bond acceptors (Lipinski definition) is 6. The van der Waals surface area contributed by atoms with Crippen molar-refractivity contribution >= 4 is 29.0 Å².